The van der Waals surface area contributed by atoms with Crippen LogP contribution in [0.5, 0.6) is 0 Å². The number of nitrogens with one attached hydrogen (secondary N) is 1. The number of likely N-dealkylation sites (N-methyl/N-ethyl adjacent to an activating group) is 1. The van der Waals surface area contributed by atoms with Crippen LogP contribution in [0.4, 0.5) is 0 Å². The van der Waals surface area contributed by atoms with Gasteiger partial charge in [0.05, 0.1) is 6.54 Å². The molecule has 108 valence electrons. The van der Waals surface area contributed by atoms with Crippen LogP contribution in [0, 0.1) is 0 Å². The predicted molar refractivity (Wildman–Crippen MR) is 74.0 cm³/mol. The van der Waals surface area contributed by atoms with Gasteiger partial charge in [-0.1, -0.05) is 0 Å². The molecule has 0 fully saturated rings. The van der Waals surface area contributed by atoms with Crippen LogP contribution in [0.25, 0.3) is 11.4 Å². The molecular weight excluding hydrogens is 292 g/mol. The van der Waals surface area contributed by atoms with Gasteiger partial charge in [0.25, 0.3) is 0 Å². The third kappa shape index (κ3) is 3.11. The van der Waals surface area contributed by atoms with Gasteiger partial charge < -0.3 is 4.90 Å². The molecule has 1 N–H and O–H groups in total. The van der Waals surface area contributed by atoms with Crippen molar-refractivity contribution in [2.24, 2.45) is 0 Å². The van der Waals surface area contributed by atoms with E-state index < -0.39 is 0 Å². The van der Waals surface area contributed by atoms with Gasteiger partial charge in [-0.15, -0.1) is 10.2 Å². The van der Waals surface area contributed by atoms with Gasteiger partial charge in [0.15, 0.2) is 0 Å². The number of nitrogens with zero attached hydrogens (tertiary/aromatic N) is 7. The summed E-state index contributed by atoms with van der Waals surface area (Å²) in [5, 5.41) is 22.3. The normalized spacial score (nSPS) is 10.7. The Balaban J connectivity index is 1.62. The van der Waals surface area contributed by atoms with Gasteiger partial charge in [0.1, 0.15) is 18.7 Å². The molecule has 0 aliphatic carbocycles. The fourth-order valence-electron chi connectivity index (χ4n) is 1.68. The van der Waals surface area contributed by atoms with Crippen molar-refractivity contribution in [1.29, 1.82) is 0 Å². The first-order valence-electron chi connectivity index (χ1n) is 6.11. The number of thiophene rings is 1. The largest absolute Gasteiger partial charge is 0.337 e. The van der Waals surface area contributed by atoms with E-state index in [0.717, 1.165) is 5.56 Å². The second kappa shape index (κ2) is 5.79. The van der Waals surface area contributed by atoms with Crippen molar-refractivity contribution in [2.45, 2.75) is 13.1 Å². The lowest BCUT2D eigenvalue weighted by Crippen LogP contribution is -2.31. The molecule has 10 heteroatoms. The number of aromatic nitrogens is 7. The monoisotopic (exact) mass is 304 g/mol. The van der Waals surface area contributed by atoms with Crippen molar-refractivity contribution in [3.63, 3.8) is 0 Å². The lowest BCUT2D eigenvalue weighted by Gasteiger charge is -2.14. The average Bonchev–Trinajstić information content (AvgIpc) is 3.20. The molecule has 0 aliphatic heterocycles. The van der Waals surface area contributed by atoms with Crippen LogP contribution in [0.3, 0.4) is 0 Å². The number of H-pyrrole nitrogens is 1. The molecule has 0 aromatic carbocycles. The van der Waals surface area contributed by atoms with Crippen LogP contribution >= 0.6 is 11.3 Å². The van der Waals surface area contributed by atoms with E-state index >= 15 is 0 Å². The Bertz CT molecular complexity index is 705. The van der Waals surface area contributed by atoms with Crippen LogP contribution in [0.1, 0.15) is 5.82 Å². The van der Waals surface area contributed by atoms with Crippen LogP contribution < -0.4 is 0 Å². The van der Waals surface area contributed by atoms with E-state index in [1.807, 2.05) is 16.8 Å². The number of carbonyl (C=O) groups excluding carboxylic acids is 1. The minimum atomic E-state index is -0.138. The maximum absolute atomic E-state index is 12.1. The van der Waals surface area contributed by atoms with Crippen molar-refractivity contribution in [2.75, 3.05) is 7.05 Å². The van der Waals surface area contributed by atoms with Gasteiger partial charge in [-0.2, -0.15) is 21.2 Å². The first kappa shape index (κ1) is 13.4. The predicted octanol–water partition coefficient (Wildman–Crippen LogP) is 0.178. The molecule has 0 radical (unpaired) electrons. The van der Waals surface area contributed by atoms with Gasteiger partial charge in [-0.25, -0.2) is 4.98 Å². The van der Waals surface area contributed by atoms with Crippen molar-refractivity contribution in [3.05, 3.63) is 29.0 Å². The van der Waals surface area contributed by atoms with Gasteiger partial charge in [0.2, 0.25) is 11.7 Å². The zero-order valence-electron chi connectivity index (χ0n) is 11.2. The number of tetrazole rings is 1. The van der Waals surface area contributed by atoms with Crippen molar-refractivity contribution in [3.8, 4) is 11.4 Å². The average molecular weight is 304 g/mol. The summed E-state index contributed by atoms with van der Waals surface area (Å²) in [6.07, 6.45) is 1.40. The highest BCUT2D eigenvalue weighted by atomic mass is 32.1. The van der Waals surface area contributed by atoms with E-state index in [-0.39, 0.29) is 12.5 Å². The molecule has 0 bridgehead atoms. The quantitative estimate of drug-likeness (QED) is 0.720. The van der Waals surface area contributed by atoms with Gasteiger partial charge in [0, 0.05) is 18.0 Å². The Morgan fingerprint density at radius 3 is 3.14 bits per heavy atom. The maximum atomic E-state index is 12.1. The molecule has 3 heterocycles. The lowest BCUT2D eigenvalue weighted by molar-refractivity contribution is -0.131. The van der Waals surface area contributed by atoms with Crippen LogP contribution in [-0.4, -0.2) is 53.2 Å². The molecule has 21 heavy (non-hydrogen) atoms. The second-order valence-electron chi connectivity index (χ2n) is 4.34. The molecule has 3 aromatic heterocycles. The molecule has 9 nitrogen and oxygen atoms in total. The summed E-state index contributed by atoms with van der Waals surface area (Å²) in [7, 11) is 1.68. The number of aromatic amines is 1. The lowest BCUT2D eigenvalue weighted by atomic mass is 10.3. The van der Waals surface area contributed by atoms with Gasteiger partial charge >= 0.3 is 0 Å². The van der Waals surface area contributed by atoms with E-state index in [1.165, 1.54) is 16.0 Å². The molecule has 0 aliphatic rings. The smallest absolute Gasteiger partial charge is 0.246 e. The topological polar surface area (TPSA) is 105 Å². The molecular formula is C11H12N8OS. The standard InChI is InChI=1S/C11H12N8OS/c1-18(4-9-12-7-13-14-9)10(20)5-19-16-11(15-17-19)8-2-3-21-6-8/h2-3,6-7H,4-5H2,1H3,(H,12,13,14). The molecule has 0 unspecified atom stereocenters. The third-order valence-electron chi connectivity index (χ3n) is 2.79. The third-order valence-corrected chi connectivity index (χ3v) is 3.47. The van der Waals surface area contributed by atoms with Crippen molar-refractivity contribution in [1.82, 2.24) is 40.3 Å². The zero-order valence-corrected chi connectivity index (χ0v) is 12.0. The highest BCUT2D eigenvalue weighted by Crippen LogP contribution is 2.16. The van der Waals surface area contributed by atoms with E-state index in [2.05, 4.69) is 30.6 Å². The maximum Gasteiger partial charge on any atom is 0.246 e. The van der Waals surface area contributed by atoms with Gasteiger partial charge in [-0.3, -0.25) is 9.89 Å². The Morgan fingerprint density at radius 1 is 1.52 bits per heavy atom. The molecule has 3 rings (SSSR count). The molecule has 3 aromatic rings. The van der Waals surface area contributed by atoms with Crippen LogP contribution in [0.15, 0.2) is 23.2 Å². The summed E-state index contributed by atoms with van der Waals surface area (Å²) in [6, 6.07) is 1.91. The number of hydrogen-bond acceptors (Lipinski definition) is 7. The Labute approximate surface area is 123 Å². The second-order valence-corrected chi connectivity index (χ2v) is 5.12. The molecule has 1 amide bonds. The van der Waals surface area contributed by atoms with Crippen LogP contribution in [-0.2, 0) is 17.9 Å². The minimum absolute atomic E-state index is 0.0295. The van der Waals surface area contributed by atoms with Crippen molar-refractivity contribution < 1.29 is 4.79 Å². The number of rotatable bonds is 5. The fraction of sp³-hybridized carbons (Fsp3) is 0.273. The molecule has 0 spiro atoms. The summed E-state index contributed by atoms with van der Waals surface area (Å²) >= 11 is 1.56. The Morgan fingerprint density at radius 2 is 2.43 bits per heavy atom. The molecule has 0 saturated carbocycles. The van der Waals surface area contributed by atoms with E-state index in [4.69, 9.17) is 0 Å². The summed E-state index contributed by atoms with van der Waals surface area (Å²) < 4.78 is 0. The number of amides is 1. The highest BCUT2D eigenvalue weighted by Gasteiger charge is 2.14. The molecule has 0 atom stereocenters. The Kier molecular flexibility index (Phi) is 3.69. The van der Waals surface area contributed by atoms with Crippen LogP contribution in [0.2, 0.25) is 0 Å². The molecule has 0 saturated heterocycles. The first-order valence-corrected chi connectivity index (χ1v) is 7.05. The van der Waals surface area contributed by atoms with E-state index in [0.29, 0.717) is 18.2 Å². The summed E-state index contributed by atoms with van der Waals surface area (Å²) in [5.41, 5.74) is 0.897. The summed E-state index contributed by atoms with van der Waals surface area (Å²) in [5.74, 6) is 0.999. The first-order chi connectivity index (χ1) is 10.2. The summed E-state index contributed by atoms with van der Waals surface area (Å²) in [4.78, 5) is 18.9. The van der Waals surface area contributed by atoms with E-state index in [9.17, 15) is 4.79 Å². The zero-order chi connectivity index (χ0) is 14.7. The van der Waals surface area contributed by atoms with Gasteiger partial charge in [-0.05, 0) is 16.7 Å². The van der Waals surface area contributed by atoms with Crippen molar-refractivity contribution >= 4 is 17.2 Å². The highest BCUT2D eigenvalue weighted by molar-refractivity contribution is 7.08. The fourth-order valence-corrected chi connectivity index (χ4v) is 2.31. The number of carbonyl (C=O) groups is 1. The van der Waals surface area contributed by atoms with E-state index in [1.54, 1.807) is 18.4 Å². The Hall–Kier alpha value is -2.62. The number of hydrogen-bond donors (Lipinski definition) is 1. The minimum Gasteiger partial charge on any atom is -0.337 e. The SMILES string of the molecule is CN(Cc1ncn[nH]1)C(=O)Cn1nnc(-c2ccsc2)n1. The summed E-state index contributed by atoms with van der Waals surface area (Å²) in [6.45, 7) is 0.382.